The van der Waals surface area contributed by atoms with E-state index < -0.39 is 5.25 Å². The Balaban J connectivity index is 2.69. The number of hydrazine groups is 1. The highest BCUT2D eigenvalue weighted by Gasteiger charge is 2.21. The molecule has 6 heteroatoms. The summed E-state index contributed by atoms with van der Waals surface area (Å²) >= 11 is 1.19. The van der Waals surface area contributed by atoms with E-state index in [0.717, 1.165) is 5.56 Å². The molecule has 18 heavy (non-hydrogen) atoms. The van der Waals surface area contributed by atoms with Crippen LogP contribution in [0.25, 0.3) is 0 Å². The number of rotatable bonds is 6. The van der Waals surface area contributed by atoms with Crippen LogP contribution < -0.4 is 11.3 Å². The van der Waals surface area contributed by atoms with E-state index in [4.69, 9.17) is 10.6 Å². The first-order chi connectivity index (χ1) is 8.69. The molecule has 0 saturated carbocycles. The average molecular weight is 268 g/mol. The van der Waals surface area contributed by atoms with E-state index in [1.54, 1.807) is 6.92 Å². The zero-order valence-corrected chi connectivity index (χ0v) is 10.9. The number of carbonyl (C=O) groups excluding carboxylic acids is 2. The molecule has 0 aromatic heterocycles. The first-order valence-electron chi connectivity index (χ1n) is 5.51. The molecule has 5 nitrogen and oxygen atoms in total. The SMILES string of the molecule is CCOC(=O)CSC(C(=O)NN)c1ccccc1. The third-order valence-corrected chi connectivity index (χ3v) is 3.38. The summed E-state index contributed by atoms with van der Waals surface area (Å²) < 4.78 is 4.82. The monoisotopic (exact) mass is 268 g/mol. The van der Waals surface area contributed by atoms with Crippen LogP contribution in [0, 0.1) is 0 Å². The molecule has 1 atom stereocenters. The predicted octanol–water partition coefficient (Wildman–Crippen LogP) is 1.01. The molecule has 0 heterocycles. The van der Waals surface area contributed by atoms with Crippen LogP contribution in [-0.4, -0.2) is 24.2 Å². The summed E-state index contributed by atoms with van der Waals surface area (Å²) in [5.74, 6) is 4.58. The van der Waals surface area contributed by atoms with Gasteiger partial charge in [0.15, 0.2) is 0 Å². The summed E-state index contributed by atoms with van der Waals surface area (Å²) in [5, 5.41) is -0.513. The lowest BCUT2D eigenvalue weighted by molar-refractivity contribution is -0.139. The summed E-state index contributed by atoms with van der Waals surface area (Å²) in [5.41, 5.74) is 2.91. The number of hydrogen-bond donors (Lipinski definition) is 2. The summed E-state index contributed by atoms with van der Waals surface area (Å²) in [7, 11) is 0. The van der Waals surface area contributed by atoms with E-state index in [-0.39, 0.29) is 17.6 Å². The van der Waals surface area contributed by atoms with Crippen LogP contribution in [0.3, 0.4) is 0 Å². The smallest absolute Gasteiger partial charge is 0.315 e. The lowest BCUT2D eigenvalue weighted by Gasteiger charge is -2.14. The molecule has 0 bridgehead atoms. The molecule has 1 unspecified atom stereocenters. The summed E-state index contributed by atoms with van der Waals surface area (Å²) in [4.78, 5) is 23.0. The predicted molar refractivity (Wildman–Crippen MR) is 70.6 cm³/mol. The first kappa shape index (κ1) is 14.5. The van der Waals surface area contributed by atoms with Crippen molar-refractivity contribution in [1.82, 2.24) is 5.43 Å². The fraction of sp³-hybridized carbons (Fsp3) is 0.333. The van der Waals surface area contributed by atoms with Crippen molar-refractivity contribution in [1.29, 1.82) is 0 Å². The van der Waals surface area contributed by atoms with Crippen molar-refractivity contribution in [2.24, 2.45) is 5.84 Å². The van der Waals surface area contributed by atoms with Crippen molar-refractivity contribution >= 4 is 23.6 Å². The van der Waals surface area contributed by atoms with Crippen molar-refractivity contribution in [3.63, 3.8) is 0 Å². The molecule has 0 spiro atoms. The Hall–Kier alpha value is -1.53. The topological polar surface area (TPSA) is 81.4 Å². The maximum atomic E-state index is 11.7. The van der Waals surface area contributed by atoms with Gasteiger partial charge < -0.3 is 4.74 Å². The summed E-state index contributed by atoms with van der Waals surface area (Å²) in [6.07, 6.45) is 0. The van der Waals surface area contributed by atoms with Crippen LogP contribution >= 0.6 is 11.8 Å². The fourth-order valence-corrected chi connectivity index (χ4v) is 2.34. The molecule has 0 aliphatic carbocycles. The molecule has 0 radical (unpaired) electrons. The number of thioether (sulfide) groups is 1. The number of hydrogen-bond acceptors (Lipinski definition) is 5. The zero-order chi connectivity index (χ0) is 13.4. The quantitative estimate of drug-likeness (QED) is 0.348. The number of amides is 1. The standard InChI is InChI=1S/C12H16N2O3S/c1-2-17-10(15)8-18-11(12(16)14-13)9-6-4-3-5-7-9/h3-7,11H,2,8,13H2,1H3,(H,14,16). The highest BCUT2D eigenvalue weighted by molar-refractivity contribution is 8.00. The molecule has 1 rings (SSSR count). The van der Waals surface area contributed by atoms with Gasteiger partial charge in [-0.05, 0) is 12.5 Å². The average Bonchev–Trinajstić information content (AvgIpc) is 2.40. The zero-order valence-electron chi connectivity index (χ0n) is 10.1. The normalized spacial score (nSPS) is 11.7. The number of carbonyl (C=O) groups is 2. The Morgan fingerprint density at radius 1 is 1.39 bits per heavy atom. The second-order valence-corrected chi connectivity index (χ2v) is 4.51. The maximum Gasteiger partial charge on any atom is 0.315 e. The summed E-state index contributed by atoms with van der Waals surface area (Å²) in [6, 6.07) is 9.15. The Morgan fingerprint density at radius 2 is 2.06 bits per heavy atom. The minimum Gasteiger partial charge on any atom is -0.465 e. The van der Waals surface area contributed by atoms with Gasteiger partial charge in [0.05, 0.1) is 12.4 Å². The minimum absolute atomic E-state index is 0.112. The Bertz CT molecular complexity index is 398. The Morgan fingerprint density at radius 3 is 2.61 bits per heavy atom. The van der Waals surface area contributed by atoms with Crippen molar-refractivity contribution in [2.75, 3.05) is 12.4 Å². The Labute approximate surface area is 110 Å². The number of ether oxygens (including phenoxy) is 1. The molecule has 1 aromatic rings. The van der Waals surface area contributed by atoms with Gasteiger partial charge >= 0.3 is 5.97 Å². The van der Waals surface area contributed by atoms with Gasteiger partial charge in [0, 0.05) is 0 Å². The van der Waals surface area contributed by atoms with E-state index in [1.807, 2.05) is 30.3 Å². The van der Waals surface area contributed by atoms with E-state index in [2.05, 4.69) is 5.43 Å². The third kappa shape index (κ3) is 4.38. The largest absolute Gasteiger partial charge is 0.465 e. The van der Waals surface area contributed by atoms with Gasteiger partial charge in [0.1, 0.15) is 5.25 Å². The van der Waals surface area contributed by atoms with Gasteiger partial charge in [-0.1, -0.05) is 30.3 Å². The van der Waals surface area contributed by atoms with Crippen LogP contribution in [0.5, 0.6) is 0 Å². The van der Waals surface area contributed by atoms with Crippen LogP contribution in [0.1, 0.15) is 17.7 Å². The van der Waals surface area contributed by atoms with Crippen LogP contribution in [-0.2, 0) is 14.3 Å². The summed E-state index contributed by atoms with van der Waals surface area (Å²) in [6.45, 7) is 2.07. The highest BCUT2D eigenvalue weighted by atomic mass is 32.2. The molecule has 1 amide bonds. The van der Waals surface area contributed by atoms with Crippen LogP contribution in [0.2, 0.25) is 0 Å². The van der Waals surface area contributed by atoms with E-state index in [0.29, 0.717) is 6.61 Å². The number of esters is 1. The van der Waals surface area contributed by atoms with Crippen molar-refractivity contribution in [3.8, 4) is 0 Å². The van der Waals surface area contributed by atoms with Crippen LogP contribution in [0.15, 0.2) is 30.3 Å². The van der Waals surface area contributed by atoms with Gasteiger partial charge in [-0.25, -0.2) is 5.84 Å². The maximum absolute atomic E-state index is 11.7. The molecular formula is C12H16N2O3S. The molecule has 0 fully saturated rings. The van der Waals surface area contributed by atoms with Gasteiger partial charge in [-0.15, -0.1) is 11.8 Å². The molecule has 98 valence electrons. The Kier molecular flexibility index (Phi) is 6.24. The van der Waals surface area contributed by atoms with Crippen molar-refractivity contribution in [2.45, 2.75) is 12.2 Å². The lowest BCUT2D eigenvalue weighted by atomic mass is 10.1. The fourth-order valence-electron chi connectivity index (χ4n) is 1.38. The molecule has 0 aliphatic rings. The van der Waals surface area contributed by atoms with E-state index in [9.17, 15) is 9.59 Å². The lowest BCUT2D eigenvalue weighted by Crippen LogP contribution is -2.34. The number of benzene rings is 1. The van der Waals surface area contributed by atoms with E-state index in [1.165, 1.54) is 11.8 Å². The van der Waals surface area contributed by atoms with Gasteiger partial charge in [0.25, 0.3) is 5.91 Å². The van der Waals surface area contributed by atoms with Crippen LogP contribution in [0.4, 0.5) is 0 Å². The first-order valence-corrected chi connectivity index (χ1v) is 6.56. The van der Waals surface area contributed by atoms with E-state index >= 15 is 0 Å². The highest BCUT2D eigenvalue weighted by Crippen LogP contribution is 2.28. The van der Waals surface area contributed by atoms with Gasteiger partial charge in [-0.3, -0.25) is 15.0 Å². The van der Waals surface area contributed by atoms with Gasteiger partial charge in [0.2, 0.25) is 0 Å². The van der Waals surface area contributed by atoms with Gasteiger partial charge in [-0.2, -0.15) is 0 Å². The molecule has 1 aromatic carbocycles. The third-order valence-electron chi connectivity index (χ3n) is 2.16. The number of nitrogens with two attached hydrogens (primary N) is 1. The van der Waals surface area contributed by atoms with Crippen molar-refractivity contribution in [3.05, 3.63) is 35.9 Å². The minimum atomic E-state index is -0.513. The number of nitrogens with one attached hydrogen (secondary N) is 1. The molecule has 0 aliphatic heterocycles. The second kappa shape index (κ2) is 7.73. The molecular weight excluding hydrogens is 252 g/mol. The molecule has 3 N–H and O–H groups in total. The molecule has 0 saturated heterocycles. The van der Waals surface area contributed by atoms with Crippen molar-refractivity contribution < 1.29 is 14.3 Å². The second-order valence-electron chi connectivity index (χ2n) is 3.42.